The number of rotatable bonds is 3. The van der Waals surface area contributed by atoms with Crippen LogP contribution in [0.2, 0.25) is 0 Å². The zero-order valence-corrected chi connectivity index (χ0v) is 15.6. The van der Waals surface area contributed by atoms with E-state index in [0.29, 0.717) is 0 Å². The Hall–Kier alpha value is -1.65. The summed E-state index contributed by atoms with van der Waals surface area (Å²) in [5.41, 5.74) is 2.41. The van der Waals surface area contributed by atoms with Crippen LogP contribution in [0.15, 0.2) is 6.20 Å². The van der Waals surface area contributed by atoms with Crippen LogP contribution in [0, 0.1) is 11.3 Å². The smallest absolute Gasteiger partial charge is 0.225 e. The van der Waals surface area contributed by atoms with Crippen molar-refractivity contribution in [1.29, 1.82) is 0 Å². The summed E-state index contributed by atoms with van der Waals surface area (Å²) in [6.45, 7) is 6.68. The lowest BCUT2D eigenvalue weighted by molar-refractivity contribution is -0.125. The molecule has 25 heavy (non-hydrogen) atoms. The van der Waals surface area contributed by atoms with Crippen LogP contribution in [-0.2, 0) is 11.2 Å². The molecule has 2 heterocycles. The van der Waals surface area contributed by atoms with Gasteiger partial charge in [0.05, 0.1) is 11.7 Å². The first-order valence-corrected chi connectivity index (χ1v) is 9.93. The number of anilines is 1. The summed E-state index contributed by atoms with van der Waals surface area (Å²) < 4.78 is 0. The van der Waals surface area contributed by atoms with Crippen molar-refractivity contribution < 1.29 is 4.79 Å². The highest BCUT2D eigenvalue weighted by atomic mass is 16.1. The monoisotopic (exact) mass is 342 g/mol. The van der Waals surface area contributed by atoms with Gasteiger partial charge in [0.25, 0.3) is 0 Å². The molecule has 136 valence electrons. The van der Waals surface area contributed by atoms with E-state index < -0.39 is 0 Å². The Balaban J connectivity index is 1.57. The molecule has 3 aliphatic rings. The van der Waals surface area contributed by atoms with Crippen molar-refractivity contribution in [2.75, 3.05) is 18.0 Å². The Labute approximate surface area is 150 Å². The second-order valence-corrected chi connectivity index (χ2v) is 8.85. The van der Waals surface area contributed by atoms with Crippen LogP contribution in [0.1, 0.15) is 76.1 Å². The molecule has 1 aromatic heterocycles. The lowest BCUT2D eigenvalue weighted by atomic mass is 9.74. The number of nitrogens with one attached hydrogen (secondary N) is 1. The molecular weight excluding hydrogens is 312 g/mol. The molecule has 1 aliphatic heterocycles. The van der Waals surface area contributed by atoms with Gasteiger partial charge < -0.3 is 10.2 Å². The molecule has 5 heteroatoms. The molecular formula is C20H30N4O. The van der Waals surface area contributed by atoms with Gasteiger partial charge in [-0.2, -0.15) is 0 Å². The second kappa shape index (κ2) is 6.58. The van der Waals surface area contributed by atoms with Crippen molar-refractivity contribution in [2.24, 2.45) is 11.3 Å². The number of hydrogen-bond donors (Lipinski definition) is 1. The molecule has 1 saturated heterocycles. The van der Waals surface area contributed by atoms with Gasteiger partial charge in [-0.15, -0.1) is 0 Å². The number of nitrogens with zero attached hydrogens (tertiary/aromatic N) is 3. The van der Waals surface area contributed by atoms with Gasteiger partial charge in [0, 0.05) is 30.8 Å². The fourth-order valence-corrected chi connectivity index (χ4v) is 4.71. The van der Waals surface area contributed by atoms with E-state index >= 15 is 0 Å². The molecule has 0 spiro atoms. The third-order valence-electron chi connectivity index (χ3n) is 6.10. The van der Waals surface area contributed by atoms with Gasteiger partial charge in [0.15, 0.2) is 0 Å². The van der Waals surface area contributed by atoms with Crippen LogP contribution in [0.25, 0.3) is 0 Å². The van der Waals surface area contributed by atoms with Gasteiger partial charge in [0.2, 0.25) is 11.9 Å². The summed E-state index contributed by atoms with van der Waals surface area (Å²) in [6.07, 6.45) is 10.8. The molecule has 1 aromatic rings. The van der Waals surface area contributed by atoms with Crippen molar-refractivity contribution in [3.05, 3.63) is 17.5 Å². The number of fused-ring (bicyclic) bond motifs is 1. The Kier molecular flexibility index (Phi) is 4.42. The molecule has 1 N–H and O–H groups in total. The Morgan fingerprint density at radius 1 is 1.20 bits per heavy atom. The van der Waals surface area contributed by atoms with Crippen LogP contribution < -0.4 is 10.2 Å². The second-order valence-electron chi connectivity index (χ2n) is 8.85. The van der Waals surface area contributed by atoms with E-state index in [2.05, 4.69) is 29.0 Å². The minimum absolute atomic E-state index is 0.0551. The van der Waals surface area contributed by atoms with Gasteiger partial charge in [0.1, 0.15) is 0 Å². The number of hydrogen-bond acceptors (Lipinski definition) is 4. The topological polar surface area (TPSA) is 58.1 Å². The van der Waals surface area contributed by atoms with Crippen molar-refractivity contribution in [3.8, 4) is 0 Å². The summed E-state index contributed by atoms with van der Waals surface area (Å²) >= 11 is 0. The maximum Gasteiger partial charge on any atom is 0.225 e. The van der Waals surface area contributed by atoms with E-state index in [1.807, 2.05) is 6.20 Å². The molecule has 1 atom stereocenters. The van der Waals surface area contributed by atoms with Crippen LogP contribution in [0.5, 0.6) is 0 Å². The quantitative estimate of drug-likeness (QED) is 0.915. The van der Waals surface area contributed by atoms with Crippen molar-refractivity contribution in [1.82, 2.24) is 15.3 Å². The van der Waals surface area contributed by atoms with E-state index in [-0.39, 0.29) is 23.3 Å². The van der Waals surface area contributed by atoms with Gasteiger partial charge in [-0.1, -0.05) is 26.7 Å². The van der Waals surface area contributed by atoms with Crippen molar-refractivity contribution in [3.63, 3.8) is 0 Å². The molecule has 2 fully saturated rings. The zero-order valence-electron chi connectivity index (χ0n) is 15.6. The highest BCUT2D eigenvalue weighted by Crippen LogP contribution is 2.40. The normalized spacial score (nSPS) is 25.8. The Morgan fingerprint density at radius 3 is 2.64 bits per heavy atom. The highest BCUT2D eigenvalue weighted by Gasteiger charge is 2.36. The van der Waals surface area contributed by atoms with Crippen LogP contribution in [-0.4, -0.2) is 29.0 Å². The van der Waals surface area contributed by atoms with E-state index in [9.17, 15) is 4.79 Å². The molecule has 0 bridgehead atoms. The maximum atomic E-state index is 12.7. The zero-order chi connectivity index (χ0) is 17.4. The molecule has 1 amide bonds. The standard InChI is InChI=1S/C20H30N4O/c1-20(2)11-16(22-18(25)14-7-3-4-8-14)15-13-21-19(23-17(15)12-20)24-9-5-6-10-24/h13-14,16H,3-12H2,1-2H3,(H,22,25). The third-order valence-corrected chi connectivity index (χ3v) is 6.10. The molecule has 0 radical (unpaired) electrons. The minimum atomic E-state index is 0.0551. The maximum absolute atomic E-state index is 12.7. The van der Waals surface area contributed by atoms with Crippen molar-refractivity contribution >= 4 is 11.9 Å². The van der Waals surface area contributed by atoms with E-state index in [0.717, 1.165) is 56.0 Å². The number of carbonyl (C=O) groups is 1. The van der Waals surface area contributed by atoms with Crippen LogP contribution in [0.3, 0.4) is 0 Å². The highest BCUT2D eigenvalue weighted by molar-refractivity contribution is 5.79. The molecule has 0 aromatic carbocycles. The number of carbonyl (C=O) groups excluding carboxylic acids is 1. The average molecular weight is 342 g/mol. The number of amides is 1. The van der Waals surface area contributed by atoms with E-state index in [1.165, 1.54) is 25.7 Å². The first-order valence-electron chi connectivity index (χ1n) is 9.93. The molecule has 1 unspecified atom stereocenters. The summed E-state index contributed by atoms with van der Waals surface area (Å²) in [6, 6.07) is 0.0551. The third kappa shape index (κ3) is 3.51. The van der Waals surface area contributed by atoms with Gasteiger partial charge in [-0.05, 0) is 43.9 Å². The predicted molar refractivity (Wildman–Crippen MR) is 98.4 cm³/mol. The Morgan fingerprint density at radius 2 is 1.92 bits per heavy atom. The first kappa shape index (κ1) is 16.8. The van der Waals surface area contributed by atoms with Crippen LogP contribution >= 0.6 is 0 Å². The van der Waals surface area contributed by atoms with E-state index in [1.54, 1.807) is 0 Å². The SMILES string of the molecule is CC1(C)Cc2nc(N3CCCC3)ncc2C(NC(=O)C2CCCC2)C1. The Bertz CT molecular complexity index is 645. The number of aromatic nitrogens is 2. The summed E-state index contributed by atoms with van der Waals surface area (Å²) in [5, 5.41) is 3.33. The fraction of sp³-hybridized carbons (Fsp3) is 0.750. The molecule has 2 aliphatic carbocycles. The average Bonchev–Trinajstić information content (AvgIpc) is 3.27. The molecule has 1 saturated carbocycles. The largest absolute Gasteiger partial charge is 0.349 e. The first-order chi connectivity index (χ1) is 12.0. The molecule has 4 rings (SSSR count). The fourth-order valence-electron chi connectivity index (χ4n) is 4.71. The summed E-state index contributed by atoms with van der Waals surface area (Å²) in [7, 11) is 0. The minimum Gasteiger partial charge on any atom is -0.349 e. The molecule has 5 nitrogen and oxygen atoms in total. The van der Waals surface area contributed by atoms with Crippen molar-refractivity contribution in [2.45, 2.75) is 71.3 Å². The summed E-state index contributed by atoms with van der Waals surface area (Å²) in [4.78, 5) is 24.5. The summed E-state index contributed by atoms with van der Waals surface area (Å²) in [5.74, 6) is 1.31. The lowest BCUT2D eigenvalue weighted by Gasteiger charge is -2.37. The van der Waals surface area contributed by atoms with Gasteiger partial charge in [-0.25, -0.2) is 9.97 Å². The van der Waals surface area contributed by atoms with Gasteiger partial charge in [-0.3, -0.25) is 4.79 Å². The lowest BCUT2D eigenvalue weighted by Crippen LogP contribution is -2.39. The van der Waals surface area contributed by atoms with Crippen LogP contribution in [0.4, 0.5) is 5.95 Å². The van der Waals surface area contributed by atoms with E-state index in [4.69, 9.17) is 4.98 Å². The van der Waals surface area contributed by atoms with Gasteiger partial charge >= 0.3 is 0 Å². The predicted octanol–water partition coefficient (Wildman–Crippen LogP) is 3.40.